The Morgan fingerprint density at radius 3 is 3.24 bits per heavy atom. The van der Waals surface area contributed by atoms with Gasteiger partial charge in [-0.2, -0.15) is 5.10 Å². The first-order chi connectivity index (χ1) is 8.35. The molecule has 0 saturated carbocycles. The number of nitrogens with one attached hydrogen (secondary N) is 1. The standard InChI is InChI=1S/C12H17N5/c13-8-9-3-5-17-12(6-9)15-11(16-17)7-10-2-1-4-14-10/h3,5-6,10,14H,1-2,4,7-8,13H2. The molecular weight excluding hydrogens is 214 g/mol. The van der Waals surface area contributed by atoms with E-state index in [4.69, 9.17) is 5.73 Å². The lowest BCUT2D eigenvalue weighted by atomic mass is 10.1. The van der Waals surface area contributed by atoms with Gasteiger partial charge >= 0.3 is 0 Å². The maximum Gasteiger partial charge on any atom is 0.155 e. The fourth-order valence-corrected chi connectivity index (χ4v) is 2.33. The summed E-state index contributed by atoms with van der Waals surface area (Å²) in [7, 11) is 0. The lowest BCUT2D eigenvalue weighted by Gasteiger charge is -2.05. The van der Waals surface area contributed by atoms with Gasteiger partial charge in [-0.15, -0.1) is 0 Å². The Morgan fingerprint density at radius 2 is 2.47 bits per heavy atom. The van der Waals surface area contributed by atoms with Crippen molar-refractivity contribution in [3.8, 4) is 0 Å². The molecule has 0 aliphatic carbocycles. The van der Waals surface area contributed by atoms with Crippen molar-refractivity contribution in [1.82, 2.24) is 19.9 Å². The summed E-state index contributed by atoms with van der Waals surface area (Å²) in [6, 6.07) is 4.53. The van der Waals surface area contributed by atoms with Crippen LogP contribution in [0.15, 0.2) is 18.3 Å². The van der Waals surface area contributed by atoms with Crippen LogP contribution in [0.3, 0.4) is 0 Å². The van der Waals surface area contributed by atoms with Crippen LogP contribution in [-0.2, 0) is 13.0 Å². The van der Waals surface area contributed by atoms with Gasteiger partial charge in [-0.3, -0.25) is 0 Å². The maximum atomic E-state index is 5.61. The van der Waals surface area contributed by atoms with E-state index in [1.807, 2.05) is 22.8 Å². The van der Waals surface area contributed by atoms with Crippen LogP contribution in [0, 0.1) is 0 Å². The van der Waals surface area contributed by atoms with Crippen LogP contribution in [0.4, 0.5) is 0 Å². The molecule has 0 spiro atoms. The molecule has 0 aromatic carbocycles. The molecule has 0 radical (unpaired) electrons. The first-order valence-electron chi connectivity index (χ1n) is 6.13. The van der Waals surface area contributed by atoms with E-state index in [0.29, 0.717) is 12.6 Å². The molecule has 1 unspecified atom stereocenters. The van der Waals surface area contributed by atoms with Crippen molar-refractivity contribution in [2.75, 3.05) is 6.54 Å². The predicted octanol–water partition coefficient (Wildman–Crippen LogP) is 0.482. The maximum absolute atomic E-state index is 5.61. The fourth-order valence-electron chi connectivity index (χ4n) is 2.33. The van der Waals surface area contributed by atoms with Crippen molar-refractivity contribution in [2.45, 2.75) is 31.8 Å². The van der Waals surface area contributed by atoms with Gasteiger partial charge in [-0.05, 0) is 37.1 Å². The predicted molar refractivity (Wildman–Crippen MR) is 65.6 cm³/mol. The summed E-state index contributed by atoms with van der Waals surface area (Å²) in [5.41, 5.74) is 7.60. The number of aromatic nitrogens is 3. The Balaban J connectivity index is 1.85. The van der Waals surface area contributed by atoms with Gasteiger partial charge in [0, 0.05) is 25.2 Å². The molecule has 5 nitrogen and oxygen atoms in total. The van der Waals surface area contributed by atoms with Crippen LogP contribution < -0.4 is 11.1 Å². The molecule has 3 rings (SSSR count). The average Bonchev–Trinajstić information content (AvgIpc) is 2.96. The van der Waals surface area contributed by atoms with Crippen molar-refractivity contribution >= 4 is 5.65 Å². The second-order valence-electron chi connectivity index (χ2n) is 4.57. The molecule has 5 heteroatoms. The molecule has 3 N–H and O–H groups in total. The zero-order valence-electron chi connectivity index (χ0n) is 9.76. The molecule has 1 fully saturated rings. The molecule has 90 valence electrons. The lowest BCUT2D eigenvalue weighted by molar-refractivity contribution is 0.585. The third-order valence-electron chi connectivity index (χ3n) is 3.27. The molecule has 1 atom stereocenters. The van der Waals surface area contributed by atoms with E-state index in [9.17, 15) is 0 Å². The highest BCUT2D eigenvalue weighted by Gasteiger charge is 2.16. The van der Waals surface area contributed by atoms with E-state index < -0.39 is 0 Å². The number of hydrogen-bond donors (Lipinski definition) is 2. The van der Waals surface area contributed by atoms with Gasteiger partial charge in [0.05, 0.1) is 0 Å². The third kappa shape index (κ3) is 2.16. The number of hydrogen-bond acceptors (Lipinski definition) is 4. The van der Waals surface area contributed by atoms with Crippen LogP contribution in [0.1, 0.15) is 24.2 Å². The van der Waals surface area contributed by atoms with Gasteiger partial charge < -0.3 is 11.1 Å². The topological polar surface area (TPSA) is 68.2 Å². The van der Waals surface area contributed by atoms with E-state index in [0.717, 1.165) is 30.0 Å². The van der Waals surface area contributed by atoms with Crippen LogP contribution in [0.2, 0.25) is 0 Å². The number of nitrogens with zero attached hydrogens (tertiary/aromatic N) is 3. The van der Waals surface area contributed by atoms with Crippen molar-refractivity contribution in [3.63, 3.8) is 0 Å². The number of fused-ring (bicyclic) bond motifs is 1. The highest BCUT2D eigenvalue weighted by molar-refractivity contribution is 5.40. The van der Waals surface area contributed by atoms with Gasteiger partial charge in [0.1, 0.15) is 0 Å². The summed E-state index contributed by atoms with van der Waals surface area (Å²) in [6.07, 6.45) is 5.33. The Morgan fingerprint density at radius 1 is 1.53 bits per heavy atom. The van der Waals surface area contributed by atoms with E-state index in [-0.39, 0.29) is 0 Å². The molecule has 3 heterocycles. The van der Waals surface area contributed by atoms with E-state index in [1.54, 1.807) is 0 Å². The number of nitrogens with two attached hydrogens (primary N) is 1. The summed E-state index contributed by atoms with van der Waals surface area (Å²) >= 11 is 0. The molecule has 2 aromatic rings. The highest BCUT2D eigenvalue weighted by atomic mass is 15.3. The Labute approximate surface area is 100 Å². The molecular formula is C12H17N5. The molecule has 1 aliphatic heterocycles. The molecule has 1 saturated heterocycles. The summed E-state index contributed by atoms with van der Waals surface area (Å²) in [4.78, 5) is 4.54. The fraction of sp³-hybridized carbons (Fsp3) is 0.500. The van der Waals surface area contributed by atoms with Gasteiger partial charge in [0.25, 0.3) is 0 Å². The average molecular weight is 231 g/mol. The monoisotopic (exact) mass is 231 g/mol. The van der Waals surface area contributed by atoms with Crippen LogP contribution in [0.5, 0.6) is 0 Å². The van der Waals surface area contributed by atoms with Crippen molar-refractivity contribution in [2.24, 2.45) is 5.73 Å². The second kappa shape index (κ2) is 4.43. The quantitative estimate of drug-likeness (QED) is 0.806. The normalized spacial score (nSPS) is 20.2. The minimum atomic E-state index is 0.543. The van der Waals surface area contributed by atoms with Crippen molar-refractivity contribution < 1.29 is 0 Å². The van der Waals surface area contributed by atoms with Crippen LogP contribution in [0.25, 0.3) is 5.65 Å². The molecule has 1 aliphatic rings. The molecule has 2 aromatic heterocycles. The zero-order chi connectivity index (χ0) is 11.7. The summed E-state index contributed by atoms with van der Waals surface area (Å²) in [5, 5.41) is 7.94. The smallest absolute Gasteiger partial charge is 0.155 e. The minimum Gasteiger partial charge on any atom is -0.326 e. The van der Waals surface area contributed by atoms with E-state index >= 15 is 0 Å². The van der Waals surface area contributed by atoms with Crippen molar-refractivity contribution in [3.05, 3.63) is 29.7 Å². The SMILES string of the molecule is NCc1ccn2nc(CC3CCCN3)nc2c1. The van der Waals surface area contributed by atoms with Gasteiger partial charge in [-0.25, -0.2) is 9.50 Å². The van der Waals surface area contributed by atoms with E-state index in [2.05, 4.69) is 15.4 Å². The summed E-state index contributed by atoms with van der Waals surface area (Å²) in [6.45, 7) is 1.66. The van der Waals surface area contributed by atoms with Gasteiger partial charge in [0.15, 0.2) is 11.5 Å². The number of pyridine rings is 1. The zero-order valence-corrected chi connectivity index (χ0v) is 9.76. The summed E-state index contributed by atoms with van der Waals surface area (Å²) < 4.78 is 1.82. The van der Waals surface area contributed by atoms with Crippen LogP contribution in [-0.4, -0.2) is 27.2 Å². The summed E-state index contributed by atoms with van der Waals surface area (Å²) in [5.74, 6) is 0.915. The van der Waals surface area contributed by atoms with Gasteiger partial charge in [0.2, 0.25) is 0 Å². The van der Waals surface area contributed by atoms with Crippen molar-refractivity contribution in [1.29, 1.82) is 0 Å². The molecule has 0 amide bonds. The lowest BCUT2D eigenvalue weighted by Crippen LogP contribution is -2.24. The first-order valence-corrected chi connectivity index (χ1v) is 6.13. The van der Waals surface area contributed by atoms with E-state index in [1.165, 1.54) is 12.8 Å². The van der Waals surface area contributed by atoms with Gasteiger partial charge in [-0.1, -0.05) is 0 Å². The molecule has 17 heavy (non-hydrogen) atoms. The molecule has 0 bridgehead atoms. The minimum absolute atomic E-state index is 0.543. The second-order valence-corrected chi connectivity index (χ2v) is 4.57. The number of rotatable bonds is 3. The third-order valence-corrected chi connectivity index (χ3v) is 3.27. The Kier molecular flexibility index (Phi) is 2.78. The Bertz CT molecular complexity index is 513. The highest BCUT2D eigenvalue weighted by Crippen LogP contribution is 2.11. The van der Waals surface area contributed by atoms with Crippen LogP contribution >= 0.6 is 0 Å². The first kappa shape index (κ1) is 10.7. The Hall–Kier alpha value is -1.46. The largest absolute Gasteiger partial charge is 0.326 e.